The molecule has 0 aromatic carbocycles. The van der Waals surface area contributed by atoms with Crippen molar-refractivity contribution in [3.05, 3.63) is 24.3 Å². The Morgan fingerprint density at radius 3 is 1.15 bits per heavy atom. The molecule has 5 aliphatic rings. The number of nitrogens with two attached hydrogens (primary N) is 2. The summed E-state index contributed by atoms with van der Waals surface area (Å²) in [6, 6.07) is 0. The fraction of sp³-hybridized carbons (Fsp3) is 0.707. The Labute approximate surface area is 574 Å². The molecule has 3 aliphatic heterocycles. The molecule has 17 N–H and O–H groups in total. The minimum absolute atomic E-state index is 0. The summed E-state index contributed by atoms with van der Waals surface area (Å²) in [7, 11) is -37.8. The molecule has 0 radical (unpaired) electrons. The Morgan fingerprint density at radius 1 is 0.539 bits per heavy atom. The van der Waals surface area contributed by atoms with Crippen molar-refractivity contribution in [1.82, 2.24) is 14.9 Å². The number of rotatable bonds is 25. The minimum Gasteiger partial charge on any atom is -0.776 e. The number of amides is 6. The third-order valence-corrected chi connectivity index (χ3v) is 26.7. The van der Waals surface area contributed by atoms with Gasteiger partial charge < -0.3 is 104 Å². The first-order valence-corrected chi connectivity index (χ1v) is 36.5. The van der Waals surface area contributed by atoms with Crippen LogP contribution >= 0.6 is 45.6 Å². The van der Waals surface area contributed by atoms with E-state index in [2.05, 4.69) is 0 Å². The van der Waals surface area contributed by atoms with E-state index in [0.29, 0.717) is 57.9 Å². The molecule has 3 unspecified atom stereocenters. The molecule has 3 atom stereocenters. The van der Waals surface area contributed by atoms with E-state index in [1.807, 2.05) is 0 Å². The van der Waals surface area contributed by atoms with Gasteiger partial charge in [0.2, 0.25) is 0 Å². The summed E-state index contributed by atoms with van der Waals surface area (Å²) in [4.78, 5) is 211. The van der Waals surface area contributed by atoms with E-state index in [1.165, 1.54) is 29.2 Å². The van der Waals surface area contributed by atoms with Gasteiger partial charge in [0.05, 0.1) is 12.3 Å². The average molecular weight is 1450 g/mol. The Morgan fingerprint density at radius 2 is 0.854 bits per heavy atom. The summed E-state index contributed by atoms with van der Waals surface area (Å²) in [6.07, 6.45) is 5.65. The molecule has 0 bridgehead atoms. The fourth-order valence-corrected chi connectivity index (χ4v) is 16.3. The number of aliphatic hydroxyl groups is 3. The molecule has 48 heteroatoms. The van der Waals surface area contributed by atoms with Crippen LogP contribution < -0.4 is 110 Å². The van der Waals surface area contributed by atoms with E-state index in [0.717, 1.165) is 4.90 Å². The standard InChI is InChI=1S/C17H27NO10P2.C16H18N2O9S.2C4H13NO7P2.3Na/c19-14(3-1-2-10-17(22,29(23,24)25)30(26,27)28)13-6-4-12(5-7-13)11-18-15(20)8-9-16(18)21;19-12-5-6-13(20)17(12)8-9-1-3-10(4-2-9)16(23)27-18-14(21)7-11(15(18)22)28(24,25)26;2*5-3-1-2-4(6,13(7,8)9)14(10,11)12;;;/h8-9,12-13,22H,1-7,10-11H2,(H2,23,24,25)(H2,26,27,28);5-6,9-11H,1-4,7-8H2,(H,24,25,26);2*6H,1-3,5H2,(H2,7,8,9)(H2,10,11,12);;;/q;;;;3*+1/p-3. The first-order chi connectivity index (χ1) is 39.0. The van der Waals surface area contributed by atoms with Crippen molar-refractivity contribution in [2.45, 2.75) is 130 Å². The third kappa shape index (κ3) is 25.2. The number of hydrogen-bond donors (Lipinski definition) is 15. The minimum atomic E-state index is -5.61. The molecule has 5 rings (SSSR count). The number of unbranched alkanes of at least 4 members (excludes halogenated alkanes) is 1. The maximum absolute atomic E-state index is 12.4. The second-order valence-electron chi connectivity index (χ2n) is 20.3. The third-order valence-electron chi connectivity index (χ3n) is 14.1. The number of carbonyl (C=O) groups excluding carboxylic acids is 8. The summed E-state index contributed by atoms with van der Waals surface area (Å²) >= 11 is 0. The maximum Gasteiger partial charge on any atom is 1.00 e. The molecular formula is C41H68N5Na3O33P6S. The Kier molecular flexibility index (Phi) is 37.5. The van der Waals surface area contributed by atoms with Gasteiger partial charge in [0.1, 0.15) is 21.2 Å². The summed E-state index contributed by atoms with van der Waals surface area (Å²) in [5.41, 5.74) is 9.97. The molecule has 38 nitrogen and oxygen atoms in total. The average Bonchev–Trinajstić information content (AvgIpc) is 1.80. The molecule has 3 heterocycles. The van der Waals surface area contributed by atoms with E-state index >= 15 is 0 Å². The Bertz CT molecular complexity index is 2840. The molecule has 494 valence electrons. The summed E-state index contributed by atoms with van der Waals surface area (Å²) in [5, 5.41) is 15.8. The normalized spacial score (nSPS) is 22.9. The van der Waals surface area contributed by atoms with Gasteiger partial charge in [0.25, 0.3) is 45.6 Å². The SMILES string of the molecule is NCCCC(O)(P(=O)(O)O)P(=O)(O)O.NCCCC(O)(P(=O)([O-])O)P(=O)([O-])O.O=C(CCCCC(O)(P(=O)(O)O)P(=O)(O)O)C1CCC(CN2C(=O)C=CC2=O)CC1.O=C(ON1C(=O)CC(S(=O)(=O)[O-])C1=O)C1CCC(CN2C(=O)C=CC2=O)CC1.[Na+].[Na+].[Na+]. The van der Waals surface area contributed by atoms with Crippen molar-refractivity contribution < 1.29 is 246 Å². The molecule has 0 aromatic heterocycles. The van der Waals surface area contributed by atoms with Crippen LogP contribution in [0, 0.1) is 23.7 Å². The topological polar surface area (TPSA) is 676 Å². The number of nitrogens with zero attached hydrogens (tertiary/aromatic N) is 3. The van der Waals surface area contributed by atoms with Gasteiger partial charge >= 0.3 is 125 Å². The molecular weight excluding hydrogens is 1380 g/mol. The van der Waals surface area contributed by atoms with E-state index < -0.39 is 126 Å². The fourth-order valence-electron chi connectivity index (χ4n) is 8.96. The van der Waals surface area contributed by atoms with Gasteiger partial charge in [-0.3, -0.25) is 61.6 Å². The monoisotopic (exact) mass is 1450 g/mol. The zero-order valence-corrected chi connectivity index (χ0v) is 60.3. The van der Waals surface area contributed by atoms with Crippen LogP contribution in [0.1, 0.15) is 109 Å². The number of Topliss-reactive ketones (excluding diaryl/α,β-unsaturated/α-hetero) is 1. The van der Waals surface area contributed by atoms with Crippen LogP contribution in [0.3, 0.4) is 0 Å². The number of hydroxylamine groups is 2. The zero-order valence-electron chi connectivity index (χ0n) is 48.1. The second kappa shape index (κ2) is 36.8. The largest absolute Gasteiger partial charge is 1.00 e. The van der Waals surface area contributed by atoms with Gasteiger partial charge in [-0.1, -0.05) is 0 Å². The van der Waals surface area contributed by atoms with Crippen molar-refractivity contribution in [3.8, 4) is 0 Å². The first kappa shape index (κ1) is 90.7. The van der Waals surface area contributed by atoms with Crippen LogP contribution in [0.5, 0.6) is 0 Å². The van der Waals surface area contributed by atoms with Crippen LogP contribution in [0.4, 0.5) is 0 Å². The van der Waals surface area contributed by atoms with Crippen molar-refractivity contribution in [2.24, 2.45) is 35.1 Å². The zero-order chi connectivity index (χ0) is 66.6. The van der Waals surface area contributed by atoms with Gasteiger partial charge in [-0.2, -0.15) is 0 Å². The van der Waals surface area contributed by atoms with Crippen LogP contribution in [0.25, 0.3) is 0 Å². The van der Waals surface area contributed by atoms with Gasteiger partial charge in [-0.15, -0.1) is 5.06 Å². The van der Waals surface area contributed by atoms with Crippen LogP contribution in [-0.2, 0) is 80.7 Å². The van der Waals surface area contributed by atoms with Crippen molar-refractivity contribution in [1.29, 1.82) is 0 Å². The first-order valence-electron chi connectivity index (χ1n) is 25.5. The molecule has 6 amide bonds. The van der Waals surface area contributed by atoms with Gasteiger partial charge in [-0.05, 0) is 115 Å². The van der Waals surface area contributed by atoms with Gasteiger partial charge in [-0.25, -0.2) is 13.2 Å². The molecule has 0 aromatic rings. The predicted molar refractivity (Wildman–Crippen MR) is 281 cm³/mol. The Hall–Kier alpha value is -0.350. The molecule has 1 saturated heterocycles. The van der Waals surface area contributed by atoms with Gasteiger partial charge in [0, 0.05) is 56.2 Å². The predicted octanol–water partition coefficient (Wildman–Crippen LogP) is -13.1. The maximum atomic E-state index is 12.4. The van der Waals surface area contributed by atoms with Crippen molar-refractivity contribution in [3.63, 3.8) is 0 Å². The number of carbonyl (C=O) groups is 8. The molecule has 0 spiro atoms. The molecule has 2 aliphatic carbocycles. The second-order valence-corrected chi connectivity index (χ2v) is 33.8. The van der Waals surface area contributed by atoms with Crippen LogP contribution in [0.2, 0.25) is 0 Å². The summed E-state index contributed by atoms with van der Waals surface area (Å²) in [5.74, 6) is -5.43. The number of imide groups is 3. The molecule has 2 saturated carbocycles. The van der Waals surface area contributed by atoms with Gasteiger partial charge in [0.15, 0.2) is 20.3 Å². The number of hydrogen-bond acceptors (Lipinski definition) is 25. The molecule has 89 heavy (non-hydrogen) atoms. The molecule has 3 fully saturated rings. The quantitative estimate of drug-likeness (QED) is 0.0133. The van der Waals surface area contributed by atoms with E-state index in [-0.39, 0.29) is 193 Å². The van der Waals surface area contributed by atoms with E-state index in [1.54, 1.807) is 0 Å². The van der Waals surface area contributed by atoms with Crippen LogP contribution in [-0.4, -0.2) is 186 Å². The smallest absolute Gasteiger partial charge is 0.776 e. The number of ketones is 1. The summed E-state index contributed by atoms with van der Waals surface area (Å²) < 4.78 is 98.2. The summed E-state index contributed by atoms with van der Waals surface area (Å²) in [6.45, 7) is 0.443. The van der Waals surface area contributed by atoms with E-state index in [9.17, 15) is 98.7 Å². The van der Waals surface area contributed by atoms with Crippen molar-refractivity contribution in [2.75, 3.05) is 26.2 Å². The van der Waals surface area contributed by atoms with Crippen LogP contribution in [0.15, 0.2) is 24.3 Å². The van der Waals surface area contributed by atoms with E-state index in [4.69, 9.17) is 70.3 Å². The Balaban J connectivity index is 0. The van der Waals surface area contributed by atoms with Crippen molar-refractivity contribution >= 4 is 103 Å².